The summed E-state index contributed by atoms with van der Waals surface area (Å²) < 4.78 is 4.88. The first-order chi connectivity index (χ1) is 11.5. The van der Waals surface area contributed by atoms with Crippen molar-refractivity contribution in [2.24, 2.45) is 0 Å². The first kappa shape index (κ1) is 17.2. The first-order valence-corrected chi connectivity index (χ1v) is 7.32. The summed E-state index contributed by atoms with van der Waals surface area (Å²) in [6.07, 6.45) is 0.188. The zero-order valence-corrected chi connectivity index (χ0v) is 13.1. The summed E-state index contributed by atoms with van der Waals surface area (Å²) >= 11 is 0. The van der Waals surface area contributed by atoms with Gasteiger partial charge in [0.05, 0.1) is 0 Å². The van der Waals surface area contributed by atoms with Crippen LogP contribution >= 0.6 is 0 Å². The molecule has 124 valence electrons. The summed E-state index contributed by atoms with van der Waals surface area (Å²) in [5.41, 5.74) is 1.10. The Labute approximate surface area is 139 Å². The fourth-order valence-electron chi connectivity index (χ4n) is 2.13. The van der Waals surface area contributed by atoms with E-state index in [2.05, 4.69) is 5.32 Å². The van der Waals surface area contributed by atoms with E-state index in [4.69, 9.17) is 4.74 Å². The maximum Gasteiger partial charge on any atom is 0.326 e. The number of amides is 1. The Balaban J connectivity index is 2.05. The van der Waals surface area contributed by atoms with E-state index < -0.39 is 23.9 Å². The van der Waals surface area contributed by atoms with Gasteiger partial charge in [0.15, 0.2) is 0 Å². The number of rotatable bonds is 6. The third-order valence-electron chi connectivity index (χ3n) is 3.26. The minimum Gasteiger partial charge on any atom is -0.480 e. The number of esters is 1. The summed E-state index contributed by atoms with van der Waals surface area (Å²) in [6.45, 7) is 1.28. The quantitative estimate of drug-likeness (QED) is 0.625. The molecular weight excluding hydrogens is 310 g/mol. The highest BCUT2D eigenvalue weighted by Crippen LogP contribution is 2.13. The lowest BCUT2D eigenvalue weighted by Gasteiger charge is -2.15. The molecule has 0 radical (unpaired) electrons. The lowest BCUT2D eigenvalue weighted by atomic mass is 10.1. The molecule has 2 aromatic carbocycles. The fraction of sp³-hybridized carbons (Fsp3) is 0.167. The van der Waals surface area contributed by atoms with Gasteiger partial charge in [0.2, 0.25) is 0 Å². The molecule has 0 fully saturated rings. The van der Waals surface area contributed by atoms with E-state index >= 15 is 0 Å². The molecule has 0 aliphatic rings. The summed E-state index contributed by atoms with van der Waals surface area (Å²) in [4.78, 5) is 34.4. The molecule has 0 aliphatic heterocycles. The van der Waals surface area contributed by atoms with Gasteiger partial charge in [-0.05, 0) is 29.8 Å². The molecule has 0 aliphatic carbocycles. The molecule has 0 saturated carbocycles. The molecule has 2 aromatic rings. The summed E-state index contributed by atoms with van der Waals surface area (Å²) in [5, 5.41) is 11.8. The zero-order valence-electron chi connectivity index (χ0n) is 13.1. The van der Waals surface area contributed by atoms with Crippen LogP contribution < -0.4 is 10.1 Å². The van der Waals surface area contributed by atoms with Crippen LogP contribution in [0.3, 0.4) is 0 Å². The monoisotopic (exact) mass is 327 g/mol. The van der Waals surface area contributed by atoms with Crippen LogP contribution in [-0.4, -0.2) is 29.0 Å². The van der Waals surface area contributed by atoms with Gasteiger partial charge in [-0.2, -0.15) is 0 Å². The third-order valence-corrected chi connectivity index (χ3v) is 3.26. The molecule has 0 bridgehead atoms. The van der Waals surface area contributed by atoms with Crippen molar-refractivity contribution >= 4 is 17.8 Å². The third kappa shape index (κ3) is 4.95. The summed E-state index contributed by atoms with van der Waals surface area (Å²) in [6, 6.07) is 13.9. The van der Waals surface area contributed by atoms with Gasteiger partial charge in [-0.15, -0.1) is 0 Å². The molecule has 6 heteroatoms. The number of carboxylic acids is 1. The van der Waals surface area contributed by atoms with Crippen LogP contribution in [0.2, 0.25) is 0 Å². The Kier molecular flexibility index (Phi) is 5.68. The maximum atomic E-state index is 12.2. The number of benzene rings is 2. The van der Waals surface area contributed by atoms with Gasteiger partial charge in [-0.25, -0.2) is 4.79 Å². The number of carbonyl (C=O) groups excluding carboxylic acids is 2. The number of hydrogen-bond acceptors (Lipinski definition) is 4. The molecule has 0 spiro atoms. The Morgan fingerprint density at radius 3 is 2.21 bits per heavy atom. The molecule has 0 heterocycles. The van der Waals surface area contributed by atoms with E-state index in [-0.39, 0.29) is 12.0 Å². The predicted octanol–water partition coefficient (Wildman–Crippen LogP) is 2.04. The fourth-order valence-corrected chi connectivity index (χ4v) is 2.13. The lowest BCUT2D eigenvalue weighted by Crippen LogP contribution is -2.42. The lowest BCUT2D eigenvalue weighted by molar-refractivity contribution is -0.139. The molecule has 24 heavy (non-hydrogen) atoms. The average Bonchev–Trinajstić information content (AvgIpc) is 2.55. The molecule has 0 unspecified atom stereocenters. The van der Waals surface area contributed by atoms with Crippen molar-refractivity contribution in [3.8, 4) is 5.75 Å². The molecule has 6 nitrogen and oxygen atoms in total. The van der Waals surface area contributed by atoms with Crippen molar-refractivity contribution in [2.45, 2.75) is 19.4 Å². The first-order valence-electron chi connectivity index (χ1n) is 7.32. The Morgan fingerprint density at radius 2 is 1.67 bits per heavy atom. The predicted molar refractivity (Wildman–Crippen MR) is 86.8 cm³/mol. The molecule has 0 saturated heterocycles. The highest BCUT2D eigenvalue weighted by atomic mass is 16.5. The molecule has 2 N–H and O–H groups in total. The van der Waals surface area contributed by atoms with Crippen LogP contribution in [-0.2, 0) is 16.0 Å². The Hall–Kier alpha value is -3.15. The number of carboxylic acid groups (broad SMARTS) is 1. The van der Waals surface area contributed by atoms with Crippen LogP contribution in [0.1, 0.15) is 22.8 Å². The highest BCUT2D eigenvalue weighted by molar-refractivity contribution is 5.96. The summed E-state index contributed by atoms with van der Waals surface area (Å²) in [7, 11) is 0. The van der Waals surface area contributed by atoms with Crippen LogP contribution in [0.5, 0.6) is 5.75 Å². The van der Waals surface area contributed by atoms with Crippen LogP contribution in [0.4, 0.5) is 0 Å². The highest BCUT2D eigenvalue weighted by Gasteiger charge is 2.21. The van der Waals surface area contributed by atoms with Gasteiger partial charge in [0.25, 0.3) is 5.91 Å². The zero-order chi connectivity index (χ0) is 17.5. The van der Waals surface area contributed by atoms with E-state index in [0.29, 0.717) is 5.75 Å². The van der Waals surface area contributed by atoms with E-state index in [0.717, 1.165) is 5.56 Å². The van der Waals surface area contributed by atoms with Gasteiger partial charge in [-0.3, -0.25) is 9.59 Å². The van der Waals surface area contributed by atoms with Gasteiger partial charge in [0.1, 0.15) is 11.8 Å². The maximum absolute atomic E-state index is 12.2. The van der Waals surface area contributed by atoms with Gasteiger partial charge < -0.3 is 15.2 Å². The topological polar surface area (TPSA) is 92.7 Å². The van der Waals surface area contributed by atoms with Crippen molar-refractivity contribution in [3.63, 3.8) is 0 Å². The Morgan fingerprint density at radius 1 is 1.04 bits per heavy atom. The van der Waals surface area contributed by atoms with Gasteiger partial charge in [0, 0.05) is 18.9 Å². The largest absolute Gasteiger partial charge is 0.480 e. The van der Waals surface area contributed by atoms with Crippen LogP contribution in [0, 0.1) is 0 Å². The normalized spacial score (nSPS) is 11.4. The van der Waals surface area contributed by atoms with Crippen molar-refractivity contribution in [1.82, 2.24) is 5.32 Å². The van der Waals surface area contributed by atoms with Crippen molar-refractivity contribution in [1.29, 1.82) is 0 Å². The minimum atomic E-state index is -1.11. The standard InChI is InChI=1S/C18H17NO5/c1-12(20)24-15-9-7-14(8-10-15)17(21)19-16(18(22)23)11-13-5-3-2-4-6-13/h2-10,16H,11H2,1H3,(H,19,21)(H,22,23)/t16-/m1/s1. The second-order valence-corrected chi connectivity index (χ2v) is 5.17. The average molecular weight is 327 g/mol. The van der Waals surface area contributed by atoms with Crippen molar-refractivity contribution < 1.29 is 24.2 Å². The summed E-state index contributed by atoms with van der Waals surface area (Å²) in [5.74, 6) is -1.75. The molecule has 2 rings (SSSR count). The van der Waals surface area contributed by atoms with E-state index in [1.54, 1.807) is 12.1 Å². The van der Waals surface area contributed by atoms with E-state index in [1.165, 1.54) is 31.2 Å². The van der Waals surface area contributed by atoms with E-state index in [1.807, 2.05) is 18.2 Å². The molecule has 0 aromatic heterocycles. The number of nitrogens with one attached hydrogen (secondary N) is 1. The van der Waals surface area contributed by atoms with E-state index in [9.17, 15) is 19.5 Å². The van der Waals surface area contributed by atoms with Crippen LogP contribution in [0.25, 0.3) is 0 Å². The number of ether oxygens (including phenoxy) is 1. The molecular formula is C18H17NO5. The van der Waals surface area contributed by atoms with Crippen LogP contribution in [0.15, 0.2) is 54.6 Å². The molecule has 1 amide bonds. The minimum absolute atomic E-state index is 0.188. The van der Waals surface area contributed by atoms with Gasteiger partial charge >= 0.3 is 11.9 Å². The van der Waals surface area contributed by atoms with Crippen molar-refractivity contribution in [2.75, 3.05) is 0 Å². The second kappa shape index (κ2) is 7.92. The van der Waals surface area contributed by atoms with Crippen molar-refractivity contribution in [3.05, 3.63) is 65.7 Å². The second-order valence-electron chi connectivity index (χ2n) is 5.17. The Bertz CT molecular complexity index is 725. The number of hydrogen-bond donors (Lipinski definition) is 2. The van der Waals surface area contributed by atoms with Gasteiger partial charge in [-0.1, -0.05) is 30.3 Å². The number of aliphatic carboxylic acids is 1. The smallest absolute Gasteiger partial charge is 0.326 e. The molecule has 1 atom stereocenters. The SMILES string of the molecule is CC(=O)Oc1ccc(C(=O)N[C@H](Cc2ccccc2)C(=O)O)cc1. The number of carbonyl (C=O) groups is 3.